The molecule has 0 radical (unpaired) electrons. The summed E-state index contributed by atoms with van der Waals surface area (Å²) in [7, 11) is 0. The molecule has 1 aliphatic heterocycles. The quantitative estimate of drug-likeness (QED) is 0.577. The van der Waals surface area contributed by atoms with Crippen LogP contribution in [0.2, 0.25) is 0 Å². The molecule has 2 aromatic carbocycles. The van der Waals surface area contributed by atoms with Gasteiger partial charge in [0.05, 0.1) is 17.4 Å². The maximum absolute atomic E-state index is 4.91. The maximum atomic E-state index is 4.91. The van der Waals surface area contributed by atoms with E-state index < -0.39 is 0 Å². The molecule has 0 spiro atoms. The Morgan fingerprint density at radius 2 is 1.83 bits per heavy atom. The number of hydrogen-bond acceptors (Lipinski definition) is 4. The molecule has 2 heterocycles. The van der Waals surface area contributed by atoms with Gasteiger partial charge in [0.2, 0.25) is 5.13 Å². The lowest BCUT2D eigenvalue weighted by molar-refractivity contribution is 0.705. The average molecular weight is 398 g/mol. The first kappa shape index (κ1) is 15.5. The Morgan fingerprint density at radius 1 is 1.08 bits per heavy atom. The van der Waals surface area contributed by atoms with E-state index in [1.165, 1.54) is 5.56 Å². The van der Waals surface area contributed by atoms with Crippen molar-refractivity contribution in [1.82, 2.24) is 4.98 Å². The number of nitrogens with zero attached hydrogens (tertiary/aromatic N) is 3. The Kier molecular flexibility index (Phi) is 4.21. The molecule has 0 bridgehead atoms. The van der Waals surface area contributed by atoms with Crippen LogP contribution in [0.3, 0.4) is 0 Å². The zero-order valence-electron chi connectivity index (χ0n) is 13.2. The van der Waals surface area contributed by atoms with Gasteiger partial charge >= 0.3 is 0 Å². The van der Waals surface area contributed by atoms with Gasteiger partial charge in [0, 0.05) is 16.3 Å². The van der Waals surface area contributed by atoms with Gasteiger partial charge < -0.3 is 0 Å². The minimum Gasteiger partial charge on any atom is -0.231 e. The molecule has 0 fully saturated rings. The van der Waals surface area contributed by atoms with Crippen molar-refractivity contribution >= 4 is 38.1 Å². The largest absolute Gasteiger partial charge is 0.231 e. The molecular formula is C19H16BrN3S. The lowest BCUT2D eigenvalue weighted by atomic mass is 9.99. The Balaban J connectivity index is 1.74. The molecule has 0 aliphatic carbocycles. The zero-order chi connectivity index (χ0) is 16.5. The molecule has 0 unspecified atom stereocenters. The number of aromatic nitrogens is 1. The molecule has 1 atom stereocenters. The molecule has 0 saturated carbocycles. The van der Waals surface area contributed by atoms with Crippen LogP contribution in [-0.4, -0.2) is 10.7 Å². The third-order valence-electron chi connectivity index (χ3n) is 4.08. The molecule has 4 rings (SSSR count). The van der Waals surface area contributed by atoms with Crippen molar-refractivity contribution < 1.29 is 0 Å². The Morgan fingerprint density at radius 3 is 2.50 bits per heavy atom. The van der Waals surface area contributed by atoms with Gasteiger partial charge in [-0.25, -0.2) is 9.99 Å². The third-order valence-corrected chi connectivity index (χ3v) is 5.55. The van der Waals surface area contributed by atoms with Crippen LogP contribution in [0, 0.1) is 6.92 Å². The highest BCUT2D eigenvalue weighted by atomic mass is 79.9. The first-order chi connectivity index (χ1) is 11.7. The molecule has 0 N–H and O–H groups in total. The SMILES string of the molecule is Cc1csc(N2N=C(c3ccc(Br)cc3)C[C@@H]2c2ccccc2)n1. The summed E-state index contributed by atoms with van der Waals surface area (Å²) in [5.74, 6) is 0. The van der Waals surface area contributed by atoms with Crippen molar-refractivity contribution in [1.29, 1.82) is 0 Å². The van der Waals surface area contributed by atoms with Crippen LogP contribution in [0.4, 0.5) is 5.13 Å². The fraction of sp³-hybridized carbons (Fsp3) is 0.158. The molecule has 0 saturated heterocycles. The van der Waals surface area contributed by atoms with Gasteiger partial charge in [0.25, 0.3) is 0 Å². The van der Waals surface area contributed by atoms with Gasteiger partial charge in [0.15, 0.2) is 0 Å². The van der Waals surface area contributed by atoms with Crippen molar-refractivity contribution in [2.24, 2.45) is 5.10 Å². The van der Waals surface area contributed by atoms with Crippen LogP contribution in [0.15, 0.2) is 69.6 Å². The second-order valence-electron chi connectivity index (χ2n) is 5.80. The van der Waals surface area contributed by atoms with E-state index >= 15 is 0 Å². The van der Waals surface area contributed by atoms with E-state index in [-0.39, 0.29) is 6.04 Å². The smallest absolute Gasteiger partial charge is 0.206 e. The van der Waals surface area contributed by atoms with E-state index in [4.69, 9.17) is 5.10 Å². The van der Waals surface area contributed by atoms with E-state index in [0.29, 0.717) is 0 Å². The van der Waals surface area contributed by atoms with Gasteiger partial charge in [-0.2, -0.15) is 5.10 Å². The van der Waals surface area contributed by atoms with Gasteiger partial charge in [0.1, 0.15) is 0 Å². The maximum Gasteiger partial charge on any atom is 0.206 e. The van der Waals surface area contributed by atoms with Gasteiger partial charge in [-0.15, -0.1) is 11.3 Å². The first-order valence-electron chi connectivity index (χ1n) is 7.80. The van der Waals surface area contributed by atoms with Gasteiger partial charge in [-0.3, -0.25) is 0 Å². The van der Waals surface area contributed by atoms with Crippen molar-refractivity contribution in [3.63, 3.8) is 0 Å². The third kappa shape index (κ3) is 3.01. The normalized spacial score (nSPS) is 17.2. The second kappa shape index (κ2) is 6.49. The lowest BCUT2D eigenvalue weighted by Crippen LogP contribution is -2.18. The van der Waals surface area contributed by atoms with E-state index in [2.05, 4.69) is 79.8 Å². The van der Waals surface area contributed by atoms with Crippen LogP contribution < -0.4 is 5.01 Å². The number of halogens is 1. The van der Waals surface area contributed by atoms with Crippen LogP contribution in [0.1, 0.15) is 29.3 Å². The molecule has 1 aliphatic rings. The minimum absolute atomic E-state index is 0.190. The van der Waals surface area contributed by atoms with Gasteiger partial charge in [-0.1, -0.05) is 58.4 Å². The second-order valence-corrected chi connectivity index (χ2v) is 7.55. The summed E-state index contributed by atoms with van der Waals surface area (Å²) in [6.45, 7) is 2.02. The monoisotopic (exact) mass is 397 g/mol. The molecule has 3 aromatic rings. The fourth-order valence-corrected chi connectivity index (χ4v) is 3.95. The van der Waals surface area contributed by atoms with Crippen LogP contribution in [0.5, 0.6) is 0 Å². The van der Waals surface area contributed by atoms with Crippen molar-refractivity contribution in [2.45, 2.75) is 19.4 Å². The first-order valence-corrected chi connectivity index (χ1v) is 9.48. The van der Waals surface area contributed by atoms with Crippen LogP contribution in [0.25, 0.3) is 0 Å². The highest BCUT2D eigenvalue weighted by molar-refractivity contribution is 9.10. The van der Waals surface area contributed by atoms with E-state index in [9.17, 15) is 0 Å². The highest BCUT2D eigenvalue weighted by Crippen LogP contribution is 2.38. The zero-order valence-corrected chi connectivity index (χ0v) is 15.6. The molecule has 3 nitrogen and oxygen atoms in total. The number of aryl methyl sites for hydroxylation is 1. The summed E-state index contributed by atoms with van der Waals surface area (Å²) in [6.07, 6.45) is 0.879. The topological polar surface area (TPSA) is 28.5 Å². The molecule has 1 aromatic heterocycles. The fourth-order valence-electron chi connectivity index (χ4n) is 2.89. The molecule has 5 heteroatoms. The Hall–Kier alpha value is -1.98. The number of benzene rings is 2. The van der Waals surface area contributed by atoms with Crippen molar-refractivity contribution in [3.05, 3.63) is 81.3 Å². The standard InChI is InChI=1S/C19H16BrN3S/c1-13-12-24-19(21-13)23-18(15-5-3-2-4-6-15)11-17(22-23)14-7-9-16(20)10-8-14/h2-10,12,18H,11H2,1H3/t18-/m1/s1. The summed E-state index contributed by atoms with van der Waals surface area (Å²) in [4.78, 5) is 4.64. The van der Waals surface area contributed by atoms with E-state index in [1.807, 2.05) is 13.0 Å². The van der Waals surface area contributed by atoms with E-state index in [1.54, 1.807) is 11.3 Å². The number of rotatable bonds is 3. The highest BCUT2D eigenvalue weighted by Gasteiger charge is 2.31. The number of anilines is 1. The number of hydrazone groups is 1. The predicted octanol–water partition coefficient (Wildman–Crippen LogP) is 5.57. The summed E-state index contributed by atoms with van der Waals surface area (Å²) >= 11 is 5.14. The van der Waals surface area contributed by atoms with Crippen molar-refractivity contribution in [2.75, 3.05) is 5.01 Å². The van der Waals surface area contributed by atoms with Crippen LogP contribution >= 0.6 is 27.3 Å². The summed E-state index contributed by atoms with van der Waals surface area (Å²) in [5.41, 5.74) is 4.56. The van der Waals surface area contributed by atoms with Crippen LogP contribution in [-0.2, 0) is 0 Å². The van der Waals surface area contributed by atoms with E-state index in [0.717, 1.165) is 33.0 Å². The van der Waals surface area contributed by atoms with Gasteiger partial charge in [-0.05, 0) is 30.2 Å². The number of hydrogen-bond donors (Lipinski definition) is 0. The minimum atomic E-state index is 0.190. The molecule has 0 amide bonds. The average Bonchev–Trinajstić information content (AvgIpc) is 3.23. The summed E-state index contributed by atoms with van der Waals surface area (Å²) in [5, 5.41) is 10.0. The molecule has 24 heavy (non-hydrogen) atoms. The Labute approximate surface area is 153 Å². The predicted molar refractivity (Wildman–Crippen MR) is 104 cm³/mol. The lowest BCUT2D eigenvalue weighted by Gasteiger charge is -2.21. The molecule has 120 valence electrons. The Bertz CT molecular complexity index is 871. The summed E-state index contributed by atoms with van der Waals surface area (Å²) in [6, 6.07) is 19.1. The summed E-state index contributed by atoms with van der Waals surface area (Å²) < 4.78 is 1.08. The molecular weight excluding hydrogens is 382 g/mol. The number of thiazole rings is 1. The van der Waals surface area contributed by atoms with Crippen molar-refractivity contribution in [3.8, 4) is 0 Å².